The van der Waals surface area contributed by atoms with Crippen LogP contribution in [0.15, 0.2) is 36.4 Å². The van der Waals surface area contributed by atoms with E-state index in [1.807, 2.05) is 51.1 Å². The fourth-order valence-corrected chi connectivity index (χ4v) is 3.78. The topological polar surface area (TPSA) is 73.5 Å². The molecule has 2 aromatic carbocycles. The smallest absolute Gasteiger partial charge is 0.323 e. The molecule has 0 aliphatic carbocycles. The van der Waals surface area contributed by atoms with Crippen molar-refractivity contribution in [1.82, 2.24) is 5.32 Å². The van der Waals surface area contributed by atoms with Crippen molar-refractivity contribution in [3.63, 3.8) is 0 Å². The third-order valence-electron chi connectivity index (χ3n) is 5.36. The second-order valence-corrected chi connectivity index (χ2v) is 7.93. The van der Waals surface area contributed by atoms with Gasteiger partial charge in [0, 0.05) is 36.7 Å². The second-order valence-electron chi connectivity index (χ2n) is 7.93. The Morgan fingerprint density at radius 2 is 1.73 bits per heavy atom. The highest BCUT2D eigenvalue weighted by molar-refractivity contribution is 6.04. The Hall–Kier alpha value is -3.02. The molecule has 1 saturated heterocycles. The number of nitrogens with zero attached hydrogens (tertiary/aromatic N) is 1. The largest absolute Gasteiger partial charge is 0.371 e. The van der Waals surface area contributed by atoms with Crippen LogP contribution in [-0.2, 0) is 0 Å². The summed E-state index contributed by atoms with van der Waals surface area (Å²) >= 11 is 0. The Labute approximate surface area is 179 Å². The normalized spacial score (nSPS) is 13.6. The van der Waals surface area contributed by atoms with Crippen LogP contribution in [0.25, 0.3) is 0 Å². The lowest BCUT2D eigenvalue weighted by Gasteiger charge is -2.30. The Kier molecular flexibility index (Phi) is 7.33. The van der Waals surface area contributed by atoms with Gasteiger partial charge in [-0.15, -0.1) is 0 Å². The molecule has 6 heteroatoms. The molecule has 0 unspecified atom stereocenters. The molecule has 2 aromatic rings. The summed E-state index contributed by atoms with van der Waals surface area (Å²) in [6.07, 6.45) is 4.37. The zero-order valence-electron chi connectivity index (χ0n) is 18.2. The van der Waals surface area contributed by atoms with E-state index in [1.54, 1.807) is 6.07 Å². The molecule has 160 valence electrons. The Morgan fingerprint density at radius 3 is 2.43 bits per heavy atom. The summed E-state index contributed by atoms with van der Waals surface area (Å²) in [6, 6.07) is 11.1. The van der Waals surface area contributed by atoms with Gasteiger partial charge in [-0.05, 0) is 69.4 Å². The molecular weight excluding hydrogens is 376 g/mol. The molecule has 3 rings (SSSR count). The molecule has 1 aliphatic rings. The number of carbonyl (C=O) groups excluding carboxylic acids is 2. The van der Waals surface area contributed by atoms with Crippen LogP contribution in [0.5, 0.6) is 0 Å². The lowest BCUT2D eigenvalue weighted by molar-refractivity contribution is 0.0954. The predicted octanol–water partition coefficient (Wildman–Crippen LogP) is 5.08. The Balaban J connectivity index is 1.78. The molecule has 6 nitrogen and oxygen atoms in total. The SMILES string of the molecule is CCCNC(=O)c1cc(NC(=O)Nc2ccc(C)cc2C)ccc1N1CCCCC1. The van der Waals surface area contributed by atoms with E-state index >= 15 is 0 Å². The highest BCUT2D eigenvalue weighted by Gasteiger charge is 2.19. The molecule has 1 aliphatic heterocycles. The van der Waals surface area contributed by atoms with Crippen molar-refractivity contribution < 1.29 is 9.59 Å². The number of anilines is 3. The van der Waals surface area contributed by atoms with Gasteiger partial charge < -0.3 is 20.9 Å². The number of carbonyl (C=O) groups is 2. The van der Waals surface area contributed by atoms with E-state index < -0.39 is 0 Å². The first kappa shape index (κ1) is 21.7. The first-order valence-corrected chi connectivity index (χ1v) is 10.8. The van der Waals surface area contributed by atoms with Gasteiger partial charge in [0.1, 0.15) is 0 Å². The minimum Gasteiger partial charge on any atom is -0.371 e. The van der Waals surface area contributed by atoms with Crippen molar-refractivity contribution in [2.24, 2.45) is 0 Å². The quantitative estimate of drug-likeness (QED) is 0.624. The molecule has 0 saturated carbocycles. The molecule has 1 heterocycles. The van der Waals surface area contributed by atoms with Crippen molar-refractivity contribution in [2.45, 2.75) is 46.5 Å². The van der Waals surface area contributed by atoms with Crippen molar-refractivity contribution in [1.29, 1.82) is 0 Å². The van der Waals surface area contributed by atoms with E-state index in [-0.39, 0.29) is 11.9 Å². The van der Waals surface area contributed by atoms with Gasteiger partial charge in [-0.1, -0.05) is 24.6 Å². The molecule has 3 amide bonds. The van der Waals surface area contributed by atoms with Gasteiger partial charge in [-0.25, -0.2) is 4.79 Å². The number of nitrogens with one attached hydrogen (secondary N) is 3. The minimum absolute atomic E-state index is 0.101. The predicted molar refractivity (Wildman–Crippen MR) is 124 cm³/mol. The number of aryl methyl sites for hydroxylation is 2. The highest BCUT2D eigenvalue weighted by atomic mass is 16.2. The van der Waals surface area contributed by atoms with Gasteiger partial charge >= 0.3 is 6.03 Å². The van der Waals surface area contributed by atoms with Crippen LogP contribution in [0.1, 0.15) is 54.1 Å². The van der Waals surface area contributed by atoms with E-state index in [0.29, 0.717) is 17.8 Å². The zero-order chi connectivity index (χ0) is 21.5. The number of piperidine rings is 1. The van der Waals surface area contributed by atoms with Gasteiger partial charge in [0.15, 0.2) is 0 Å². The number of rotatable bonds is 6. The summed E-state index contributed by atoms with van der Waals surface area (Å²) in [6.45, 7) is 8.55. The summed E-state index contributed by atoms with van der Waals surface area (Å²) in [7, 11) is 0. The van der Waals surface area contributed by atoms with Crippen LogP contribution >= 0.6 is 0 Å². The van der Waals surface area contributed by atoms with Gasteiger partial charge in [0.25, 0.3) is 5.91 Å². The fraction of sp³-hybridized carbons (Fsp3) is 0.417. The first-order chi connectivity index (χ1) is 14.5. The Morgan fingerprint density at radius 1 is 0.967 bits per heavy atom. The summed E-state index contributed by atoms with van der Waals surface area (Å²) in [5.41, 5.74) is 5.06. The standard InChI is InChI=1S/C24H32N4O2/c1-4-12-25-23(29)20-16-19(9-11-22(20)28-13-6-5-7-14-28)26-24(30)27-21-10-8-17(2)15-18(21)3/h8-11,15-16H,4-7,12-14H2,1-3H3,(H,25,29)(H2,26,27,30). The maximum atomic E-state index is 12.8. The lowest BCUT2D eigenvalue weighted by atomic mass is 10.1. The van der Waals surface area contributed by atoms with Crippen LogP contribution in [0.4, 0.5) is 21.9 Å². The molecule has 30 heavy (non-hydrogen) atoms. The third kappa shape index (κ3) is 5.53. The number of amides is 3. The van der Waals surface area contributed by atoms with Crippen molar-refractivity contribution in [3.8, 4) is 0 Å². The summed E-state index contributed by atoms with van der Waals surface area (Å²) in [5.74, 6) is -0.101. The van der Waals surface area contributed by atoms with Gasteiger partial charge in [0.2, 0.25) is 0 Å². The average molecular weight is 409 g/mol. The molecule has 0 radical (unpaired) electrons. The fourth-order valence-electron chi connectivity index (χ4n) is 3.78. The summed E-state index contributed by atoms with van der Waals surface area (Å²) in [4.78, 5) is 27.6. The van der Waals surface area contributed by atoms with Gasteiger partial charge in [-0.3, -0.25) is 4.79 Å². The molecule has 1 fully saturated rings. The van der Waals surface area contributed by atoms with Crippen LogP contribution in [-0.4, -0.2) is 31.6 Å². The average Bonchev–Trinajstić information content (AvgIpc) is 2.74. The number of benzene rings is 2. The van der Waals surface area contributed by atoms with Crippen LogP contribution in [0, 0.1) is 13.8 Å². The molecule has 3 N–H and O–H groups in total. The lowest BCUT2D eigenvalue weighted by Crippen LogP contribution is -2.33. The highest BCUT2D eigenvalue weighted by Crippen LogP contribution is 2.27. The first-order valence-electron chi connectivity index (χ1n) is 10.8. The van der Waals surface area contributed by atoms with E-state index in [1.165, 1.54) is 6.42 Å². The zero-order valence-corrected chi connectivity index (χ0v) is 18.2. The maximum Gasteiger partial charge on any atom is 0.323 e. The second kappa shape index (κ2) is 10.1. The van der Waals surface area contributed by atoms with Crippen molar-refractivity contribution in [2.75, 3.05) is 35.2 Å². The Bertz CT molecular complexity index is 904. The molecule has 0 aromatic heterocycles. The minimum atomic E-state index is -0.326. The van der Waals surface area contributed by atoms with E-state index in [0.717, 1.165) is 54.9 Å². The van der Waals surface area contributed by atoms with Gasteiger partial charge in [0.05, 0.1) is 5.56 Å². The van der Waals surface area contributed by atoms with E-state index in [9.17, 15) is 9.59 Å². The van der Waals surface area contributed by atoms with Gasteiger partial charge in [-0.2, -0.15) is 0 Å². The number of hydrogen-bond acceptors (Lipinski definition) is 3. The summed E-state index contributed by atoms with van der Waals surface area (Å²) in [5, 5.41) is 8.72. The van der Waals surface area contributed by atoms with Crippen molar-refractivity contribution >= 4 is 29.0 Å². The maximum absolute atomic E-state index is 12.8. The van der Waals surface area contributed by atoms with Crippen LogP contribution < -0.4 is 20.9 Å². The number of urea groups is 1. The molecule has 0 spiro atoms. The number of hydrogen-bond donors (Lipinski definition) is 3. The van der Waals surface area contributed by atoms with Crippen LogP contribution in [0.3, 0.4) is 0 Å². The van der Waals surface area contributed by atoms with Crippen LogP contribution in [0.2, 0.25) is 0 Å². The third-order valence-corrected chi connectivity index (χ3v) is 5.36. The molecule has 0 bridgehead atoms. The van der Waals surface area contributed by atoms with Crippen molar-refractivity contribution in [3.05, 3.63) is 53.1 Å². The monoisotopic (exact) mass is 408 g/mol. The summed E-state index contributed by atoms with van der Waals surface area (Å²) < 4.78 is 0. The van der Waals surface area contributed by atoms with E-state index in [4.69, 9.17) is 0 Å². The molecular formula is C24H32N4O2. The van der Waals surface area contributed by atoms with E-state index in [2.05, 4.69) is 20.9 Å². The molecule has 0 atom stereocenters.